The van der Waals surface area contributed by atoms with Crippen molar-refractivity contribution in [2.24, 2.45) is 5.92 Å². The van der Waals surface area contributed by atoms with E-state index >= 15 is 0 Å². The molecule has 1 unspecified atom stereocenters. The highest BCUT2D eigenvalue weighted by Crippen LogP contribution is 2.27. The molecule has 0 spiro atoms. The van der Waals surface area contributed by atoms with Crippen LogP contribution in [0.1, 0.15) is 19.3 Å². The Morgan fingerprint density at radius 2 is 2.23 bits per heavy atom. The zero-order valence-electron chi connectivity index (χ0n) is 11.9. The average Bonchev–Trinajstić information content (AvgIpc) is 2.47. The van der Waals surface area contributed by atoms with Gasteiger partial charge in [-0.15, -0.1) is 0 Å². The highest BCUT2D eigenvalue weighted by molar-refractivity contribution is 9.10. The van der Waals surface area contributed by atoms with E-state index < -0.39 is 14.9 Å². The summed E-state index contributed by atoms with van der Waals surface area (Å²) < 4.78 is 27.1. The summed E-state index contributed by atoms with van der Waals surface area (Å²) in [6, 6.07) is 3.68. The summed E-state index contributed by atoms with van der Waals surface area (Å²) in [6.45, 7) is 2.31. The predicted molar refractivity (Wildman–Crippen MR) is 86.2 cm³/mol. The van der Waals surface area contributed by atoms with Crippen LogP contribution < -0.4 is 10.0 Å². The molecule has 1 aromatic carbocycles. The lowest BCUT2D eigenvalue weighted by Gasteiger charge is -2.22. The summed E-state index contributed by atoms with van der Waals surface area (Å²) in [7, 11) is -3.65. The topological polar surface area (TPSA) is 101 Å². The number of benzene rings is 1. The van der Waals surface area contributed by atoms with Crippen LogP contribution in [-0.2, 0) is 10.0 Å². The number of hydrogen-bond donors (Lipinski definition) is 2. The van der Waals surface area contributed by atoms with Gasteiger partial charge in [0.1, 0.15) is 0 Å². The second-order valence-electron chi connectivity index (χ2n) is 5.27. The Labute approximate surface area is 137 Å². The molecule has 1 saturated heterocycles. The van der Waals surface area contributed by atoms with Gasteiger partial charge in [0.25, 0.3) is 5.69 Å². The summed E-state index contributed by atoms with van der Waals surface area (Å²) in [5.41, 5.74) is -0.160. The minimum Gasteiger partial charge on any atom is -0.316 e. The van der Waals surface area contributed by atoms with E-state index in [0.29, 0.717) is 12.5 Å². The maximum absolute atomic E-state index is 12.2. The minimum atomic E-state index is -3.65. The molecule has 2 N–H and O–H groups in total. The van der Waals surface area contributed by atoms with Crippen LogP contribution in [0, 0.1) is 16.0 Å². The van der Waals surface area contributed by atoms with Gasteiger partial charge < -0.3 is 5.32 Å². The second-order valence-corrected chi connectivity index (χ2v) is 7.89. The monoisotopic (exact) mass is 391 g/mol. The van der Waals surface area contributed by atoms with E-state index in [1.807, 2.05) is 0 Å². The molecule has 0 saturated carbocycles. The first-order valence-electron chi connectivity index (χ1n) is 7.04. The molecular formula is C13H18BrN3O4S. The number of piperidine rings is 1. The molecule has 9 heteroatoms. The number of rotatable bonds is 6. The molecule has 1 heterocycles. The number of nitro groups is 1. The van der Waals surface area contributed by atoms with Gasteiger partial charge in [0.15, 0.2) is 0 Å². The van der Waals surface area contributed by atoms with Crippen molar-refractivity contribution in [1.82, 2.24) is 10.0 Å². The van der Waals surface area contributed by atoms with Crippen LogP contribution in [0.15, 0.2) is 27.6 Å². The van der Waals surface area contributed by atoms with E-state index in [0.717, 1.165) is 32.4 Å². The third-order valence-corrected chi connectivity index (χ3v) is 5.76. The summed E-state index contributed by atoms with van der Waals surface area (Å²) in [5.74, 6) is 0.486. The number of nitro benzene ring substituents is 1. The summed E-state index contributed by atoms with van der Waals surface area (Å²) in [4.78, 5) is 10.2. The number of halogens is 1. The van der Waals surface area contributed by atoms with Crippen molar-refractivity contribution >= 4 is 31.6 Å². The molecular weight excluding hydrogens is 374 g/mol. The molecule has 1 aliphatic heterocycles. The van der Waals surface area contributed by atoms with Crippen molar-refractivity contribution in [3.63, 3.8) is 0 Å². The van der Waals surface area contributed by atoms with Gasteiger partial charge in [-0.1, -0.05) is 0 Å². The van der Waals surface area contributed by atoms with Crippen LogP contribution in [0.2, 0.25) is 0 Å². The lowest BCUT2D eigenvalue weighted by atomic mass is 9.96. The van der Waals surface area contributed by atoms with Crippen molar-refractivity contribution in [2.45, 2.75) is 24.2 Å². The van der Waals surface area contributed by atoms with Crippen LogP contribution in [0.25, 0.3) is 0 Å². The third-order valence-electron chi connectivity index (χ3n) is 3.67. The quantitative estimate of drug-likeness (QED) is 0.570. The minimum absolute atomic E-state index is 0.0201. The Morgan fingerprint density at radius 1 is 1.45 bits per heavy atom. The lowest BCUT2D eigenvalue weighted by Crippen LogP contribution is -2.33. The number of nitrogens with one attached hydrogen (secondary N) is 2. The van der Waals surface area contributed by atoms with E-state index in [1.54, 1.807) is 0 Å². The summed E-state index contributed by atoms with van der Waals surface area (Å²) in [6.07, 6.45) is 3.00. The van der Waals surface area contributed by atoms with Crippen LogP contribution in [-0.4, -0.2) is 33.0 Å². The molecule has 0 aliphatic carbocycles. The molecule has 2 rings (SSSR count). The fraction of sp³-hybridized carbons (Fsp3) is 0.538. The normalized spacial score (nSPS) is 19.0. The molecule has 1 aromatic rings. The first-order chi connectivity index (χ1) is 10.4. The first kappa shape index (κ1) is 17.3. The van der Waals surface area contributed by atoms with Gasteiger partial charge in [-0.2, -0.15) is 0 Å². The molecule has 7 nitrogen and oxygen atoms in total. The van der Waals surface area contributed by atoms with Crippen molar-refractivity contribution in [3.05, 3.63) is 32.8 Å². The van der Waals surface area contributed by atoms with Gasteiger partial charge >= 0.3 is 0 Å². The number of sulfonamides is 1. The van der Waals surface area contributed by atoms with E-state index in [1.165, 1.54) is 18.2 Å². The zero-order valence-corrected chi connectivity index (χ0v) is 14.3. The van der Waals surface area contributed by atoms with Crippen LogP contribution in [0.4, 0.5) is 5.69 Å². The van der Waals surface area contributed by atoms with Gasteiger partial charge in [-0.25, -0.2) is 13.1 Å². The third kappa shape index (κ3) is 4.48. The van der Waals surface area contributed by atoms with E-state index in [2.05, 4.69) is 26.0 Å². The maximum atomic E-state index is 12.2. The summed E-state index contributed by atoms with van der Waals surface area (Å²) in [5, 5.41) is 14.0. The van der Waals surface area contributed by atoms with Gasteiger partial charge in [0.05, 0.1) is 14.3 Å². The molecule has 0 aromatic heterocycles. The fourth-order valence-electron chi connectivity index (χ4n) is 2.45. The number of nitrogens with zero attached hydrogens (tertiary/aromatic N) is 1. The van der Waals surface area contributed by atoms with E-state index in [4.69, 9.17) is 0 Å². The van der Waals surface area contributed by atoms with Crippen molar-refractivity contribution in [1.29, 1.82) is 0 Å². The molecule has 0 radical (unpaired) electrons. The maximum Gasteiger partial charge on any atom is 0.283 e. The molecule has 22 heavy (non-hydrogen) atoms. The van der Waals surface area contributed by atoms with Crippen molar-refractivity contribution in [2.75, 3.05) is 19.6 Å². The second kappa shape index (κ2) is 7.49. The van der Waals surface area contributed by atoms with Crippen LogP contribution in [0.5, 0.6) is 0 Å². The SMILES string of the molecule is O=[N+]([O-])c1ccc(S(=O)(=O)NCCC2CCCNC2)cc1Br. The molecule has 122 valence electrons. The van der Waals surface area contributed by atoms with E-state index in [-0.39, 0.29) is 15.1 Å². The predicted octanol–water partition coefficient (Wildman–Crippen LogP) is 2.03. The largest absolute Gasteiger partial charge is 0.316 e. The molecule has 0 bridgehead atoms. The highest BCUT2D eigenvalue weighted by atomic mass is 79.9. The smallest absolute Gasteiger partial charge is 0.283 e. The Kier molecular flexibility index (Phi) is 5.90. The first-order valence-corrected chi connectivity index (χ1v) is 9.32. The molecule has 0 amide bonds. The Hall–Kier alpha value is -1.03. The van der Waals surface area contributed by atoms with Gasteiger partial charge in [0, 0.05) is 12.6 Å². The fourth-order valence-corrected chi connectivity index (χ4v) is 4.20. The van der Waals surface area contributed by atoms with Crippen LogP contribution in [0.3, 0.4) is 0 Å². The van der Waals surface area contributed by atoms with E-state index in [9.17, 15) is 18.5 Å². The van der Waals surface area contributed by atoms with Crippen molar-refractivity contribution in [3.8, 4) is 0 Å². The van der Waals surface area contributed by atoms with Gasteiger partial charge in [-0.05, 0) is 66.3 Å². The highest BCUT2D eigenvalue weighted by Gasteiger charge is 2.20. The molecule has 1 aliphatic rings. The van der Waals surface area contributed by atoms with Gasteiger partial charge in [-0.3, -0.25) is 10.1 Å². The average molecular weight is 392 g/mol. The molecule has 1 atom stereocenters. The lowest BCUT2D eigenvalue weighted by molar-refractivity contribution is -0.385. The van der Waals surface area contributed by atoms with Gasteiger partial charge in [0.2, 0.25) is 10.0 Å². The standard InChI is InChI=1S/C13H18BrN3O4S/c14-12-8-11(3-4-13(12)17(18)19)22(20,21)16-7-5-10-2-1-6-15-9-10/h3-4,8,10,15-16H,1-2,5-7,9H2. The Balaban J connectivity index is 1.97. The zero-order chi connectivity index (χ0) is 16.2. The van der Waals surface area contributed by atoms with Crippen LogP contribution >= 0.6 is 15.9 Å². The van der Waals surface area contributed by atoms with Crippen molar-refractivity contribution < 1.29 is 13.3 Å². The Bertz CT molecular complexity index is 645. The molecule has 1 fully saturated rings. The number of hydrogen-bond acceptors (Lipinski definition) is 5. The Morgan fingerprint density at radius 3 is 2.82 bits per heavy atom. The summed E-state index contributed by atoms with van der Waals surface area (Å²) >= 11 is 3.03.